The first kappa shape index (κ1) is 20.9. The van der Waals surface area contributed by atoms with E-state index in [4.69, 9.17) is 4.74 Å². The number of hydrogen-bond donors (Lipinski definition) is 0. The second-order valence-electron chi connectivity index (χ2n) is 5.63. The summed E-state index contributed by atoms with van der Waals surface area (Å²) in [7, 11) is 2.41. The summed E-state index contributed by atoms with van der Waals surface area (Å²) >= 11 is 0. The molecule has 0 N–H and O–H groups in total. The highest BCUT2D eigenvalue weighted by Gasteiger charge is 2.18. The van der Waals surface area contributed by atoms with Crippen LogP contribution >= 0.6 is 0 Å². The third-order valence-electron chi connectivity index (χ3n) is 3.87. The molecule has 8 heteroatoms. The third kappa shape index (κ3) is 5.06. The van der Waals surface area contributed by atoms with Crippen LogP contribution in [0.5, 0.6) is 5.75 Å². The van der Waals surface area contributed by atoms with Gasteiger partial charge in [-0.1, -0.05) is 0 Å². The second kappa shape index (κ2) is 9.50. The van der Waals surface area contributed by atoms with Crippen molar-refractivity contribution >= 4 is 23.5 Å². The van der Waals surface area contributed by atoms with E-state index in [1.165, 1.54) is 61.6 Å². The average Bonchev–Trinajstić information content (AvgIpc) is 2.72. The number of benzene rings is 2. The van der Waals surface area contributed by atoms with Crippen molar-refractivity contribution in [1.82, 2.24) is 0 Å². The highest BCUT2D eigenvalue weighted by atomic mass is 19.1. The molecule has 0 unspecified atom stereocenters. The van der Waals surface area contributed by atoms with Crippen molar-refractivity contribution in [3.8, 4) is 5.75 Å². The minimum Gasteiger partial charge on any atom is -0.484 e. The first-order valence-corrected chi connectivity index (χ1v) is 8.40. The summed E-state index contributed by atoms with van der Waals surface area (Å²) in [4.78, 5) is 37.5. The van der Waals surface area contributed by atoms with E-state index in [2.05, 4.69) is 9.47 Å². The number of methoxy groups -OCH3 is 2. The molecule has 0 spiro atoms. The summed E-state index contributed by atoms with van der Waals surface area (Å²) in [5, 5.41) is 0. The fourth-order valence-electron chi connectivity index (χ4n) is 2.50. The lowest BCUT2D eigenvalue weighted by molar-refractivity contribution is -0.120. The second-order valence-corrected chi connectivity index (χ2v) is 5.63. The standard InChI is InChI=1S/C20H20FNO6/c1-4-22(16-7-5-15(21)6-8-16)18(23)12-28-17-10-13(19(24)26-2)9-14(11-17)20(25)27-3/h5-11H,4,12H2,1-3H3. The number of nitrogens with zero attached hydrogens (tertiary/aromatic N) is 1. The zero-order valence-corrected chi connectivity index (χ0v) is 15.7. The molecule has 0 saturated heterocycles. The van der Waals surface area contributed by atoms with E-state index in [1.54, 1.807) is 6.92 Å². The molecular weight excluding hydrogens is 369 g/mol. The van der Waals surface area contributed by atoms with E-state index >= 15 is 0 Å². The summed E-state index contributed by atoms with van der Waals surface area (Å²) in [6.07, 6.45) is 0. The van der Waals surface area contributed by atoms with Gasteiger partial charge in [0.05, 0.1) is 25.3 Å². The summed E-state index contributed by atoms with van der Waals surface area (Å²) in [6.45, 7) is 1.77. The lowest BCUT2D eigenvalue weighted by atomic mass is 10.1. The molecule has 0 bridgehead atoms. The molecule has 0 radical (unpaired) electrons. The highest BCUT2D eigenvalue weighted by molar-refractivity contribution is 5.96. The fourth-order valence-corrected chi connectivity index (χ4v) is 2.50. The number of halogens is 1. The predicted octanol–water partition coefficient (Wildman–Crippen LogP) is 2.83. The minimum atomic E-state index is -0.663. The van der Waals surface area contributed by atoms with Gasteiger partial charge in [0.25, 0.3) is 5.91 Å². The maximum absolute atomic E-state index is 13.1. The quantitative estimate of drug-likeness (QED) is 0.678. The van der Waals surface area contributed by atoms with Gasteiger partial charge < -0.3 is 19.1 Å². The molecule has 2 aromatic carbocycles. The SMILES string of the molecule is CCN(C(=O)COc1cc(C(=O)OC)cc(C(=O)OC)c1)c1ccc(F)cc1. The zero-order valence-electron chi connectivity index (χ0n) is 15.7. The van der Waals surface area contributed by atoms with E-state index in [0.29, 0.717) is 12.2 Å². The van der Waals surface area contributed by atoms with Gasteiger partial charge in [0, 0.05) is 12.2 Å². The molecule has 7 nitrogen and oxygen atoms in total. The first-order chi connectivity index (χ1) is 13.4. The Kier molecular flexibility index (Phi) is 7.08. The van der Waals surface area contributed by atoms with E-state index in [1.807, 2.05) is 0 Å². The highest BCUT2D eigenvalue weighted by Crippen LogP contribution is 2.20. The molecule has 0 aliphatic carbocycles. The Morgan fingerprint density at radius 1 is 0.929 bits per heavy atom. The molecule has 28 heavy (non-hydrogen) atoms. The van der Waals surface area contributed by atoms with Crippen molar-refractivity contribution in [2.75, 3.05) is 32.3 Å². The number of anilines is 1. The lowest BCUT2D eigenvalue weighted by Gasteiger charge is -2.21. The molecule has 0 aliphatic rings. The average molecular weight is 389 g/mol. The molecule has 148 valence electrons. The Balaban J connectivity index is 2.19. The minimum absolute atomic E-state index is 0.0822. The van der Waals surface area contributed by atoms with Crippen LogP contribution in [0.25, 0.3) is 0 Å². The molecule has 0 aromatic heterocycles. The Hall–Kier alpha value is -3.42. The number of rotatable bonds is 7. The normalized spacial score (nSPS) is 10.1. The van der Waals surface area contributed by atoms with Crippen LogP contribution in [0.2, 0.25) is 0 Å². The van der Waals surface area contributed by atoms with Gasteiger partial charge >= 0.3 is 11.9 Å². The molecule has 0 atom stereocenters. The number of carbonyl (C=O) groups is 3. The largest absolute Gasteiger partial charge is 0.484 e. The summed E-state index contributed by atoms with van der Waals surface area (Å²) in [5.74, 6) is -1.98. The Labute approximate surface area is 161 Å². The van der Waals surface area contributed by atoms with Gasteiger partial charge in [0.15, 0.2) is 6.61 Å². The number of likely N-dealkylation sites (N-methyl/N-ethyl adjacent to an activating group) is 1. The topological polar surface area (TPSA) is 82.1 Å². The fraction of sp³-hybridized carbons (Fsp3) is 0.250. The molecule has 0 heterocycles. The van der Waals surface area contributed by atoms with Crippen LogP contribution in [0.4, 0.5) is 10.1 Å². The third-order valence-corrected chi connectivity index (χ3v) is 3.87. The molecule has 0 saturated carbocycles. The van der Waals surface area contributed by atoms with Crippen molar-refractivity contribution in [2.24, 2.45) is 0 Å². The maximum Gasteiger partial charge on any atom is 0.338 e. The van der Waals surface area contributed by atoms with Gasteiger partial charge in [-0.15, -0.1) is 0 Å². The smallest absolute Gasteiger partial charge is 0.338 e. The van der Waals surface area contributed by atoms with E-state index in [0.717, 1.165) is 0 Å². The zero-order chi connectivity index (χ0) is 20.7. The van der Waals surface area contributed by atoms with Crippen LogP contribution in [0.3, 0.4) is 0 Å². The Morgan fingerprint density at radius 3 is 1.93 bits per heavy atom. The van der Waals surface area contributed by atoms with Crippen molar-refractivity contribution in [1.29, 1.82) is 0 Å². The van der Waals surface area contributed by atoms with Crippen LogP contribution < -0.4 is 9.64 Å². The van der Waals surface area contributed by atoms with Gasteiger partial charge in [0.1, 0.15) is 11.6 Å². The van der Waals surface area contributed by atoms with Gasteiger partial charge in [-0.2, -0.15) is 0 Å². The van der Waals surface area contributed by atoms with Gasteiger partial charge in [0.2, 0.25) is 0 Å². The van der Waals surface area contributed by atoms with Gasteiger partial charge in [-0.05, 0) is 49.4 Å². The molecule has 1 amide bonds. The predicted molar refractivity (Wildman–Crippen MR) is 99.0 cm³/mol. The summed E-state index contributed by atoms with van der Waals surface area (Å²) in [6, 6.07) is 9.53. The number of ether oxygens (including phenoxy) is 3. The molecule has 0 fully saturated rings. The van der Waals surface area contributed by atoms with Crippen LogP contribution in [0.15, 0.2) is 42.5 Å². The number of hydrogen-bond acceptors (Lipinski definition) is 6. The Morgan fingerprint density at radius 2 is 1.46 bits per heavy atom. The summed E-state index contributed by atoms with van der Waals surface area (Å²) < 4.78 is 27.9. The van der Waals surface area contributed by atoms with Crippen LogP contribution in [-0.2, 0) is 14.3 Å². The maximum atomic E-state index is 13.1. The number of esters is 2. The van der Waals surface area contributed by atoms with Crippen LogP contribution in [0.1, 0.15) is 27.6 Å². The van der Waals surface area contributed by atoms with Crippen molar-refractivity contribution in [3.63, 3.8) is 0 Å². The van der Waals surface area contributed by atoms with Crippen molar-refractivity contribution in [3.05, 3.63) is 59.4 Å². The van der Waals surface area contributed by atoms with E-state index in [9.17, 15) is 18.8 Å². The number of carbonyl (C=O) groups excluding carboxylic acids is 3. The summed E-state index contributed by atoms with van der Waals surface area (Å²) in [5.41, 5.74) is 0.688. The van der Waals surface area contributed by atoms with E-state index in [-0.39, 0.29) is 29.4 Å². The lowest BCUT2D eigenvalue weighted by Crippen LogP contribution is -2.34. The first-order valence-electron chi connectivity index (χ1n) is 8.40. The van der Waals surface area contributed by atoms with Gasteiger partial charge in [-0.25, -0.2) is 14.0 Å². The monoisotopic (exact) mass is 389 g/mol. The van der Waals surface area contributed by atoms with Gasteiger partial charge in [-0.3, -0.25) is 4.79 Å². The molecule has 2 aromatic rings. The van der Waals surface area contributed by atoms with Crippen LogP contribution in [0, 0.1) is 5.82 Å². The molecular formula is C20H20FNO6. The Bertz CT molecular complexity index is 831. The molecule has 0 aliphatic heterocycles. The van der Waals surface area contributed by atoms with Crippen molar-refractivity contribution < 1.29 is 33.0 Å². The van der Waals surface area contributed by atoms with Crippen molar-refractivity contribution in [2.45, 2.75) is 6.92 Å². The van der Waals surface area contributed by atoms with Crippen LogP contribution in [-0.4, -0.2) is 45.2 Å². The molecule has 2 rings (SSSR count). The number of amides is 1. The van der Waals surface area contributed by atoms with E-state index < -0.39 is 17.8 Å².